The van der Waals surface area contributed by atoms with E-state index >= 15 is 0 Å². The Bertz CT molecular complexity index is 1030. The highest BCUT2D eigenvalue weighted by molar-refractivity contribution is 5.99. The van der Waals surface area contributed by atoms with Crippen LogP contribution in [-0.4, -0.2) is 40.9 Å². The largest absolute Gasteiger partial charge is 0.493 e. The summed E-state index contributed by atoms with van der Waals surface area (Å²) in [6.45, 7) is 2.37. The molecule has 0 saturated heterocycles. The lowest BCUT2D eigenvalue weighted by molar-refractivity contribution is -0.385. The van der Waals surface area contributed by atoms with Crippen LogP contribution in [0.1, 0.15) is 22.8 Å². The van der Waals surface area contributed by atoms with E-state index in [1.807, 2.05) is 36.5 Å². The van der Waals surface area contributed by atoms with Crippen molar-refractivity contribution in [2.75, 3.05) is 20.3 Å². The van der Waals surface area contributed by atoms with E-state index in [2.05, 4.69) is 10.4 Å². The minimum Gasteiger partial charge on any atom is -0.493 e. The van der Waals surface area contributed by atoms with E-state index in [0.29, 0.717) is 19.6 Å². The van der Waals surface area contributed by atoms with Gasteiger partial charge in [-0.15, -0.1) is 0 Å². The van der Waals surface area contributed by atoms with E-state index in [0.717, 1.165) is 11.3 Å². The fourth-order valence-electron chi connectivity index (χ4n) is 2.94. The molecule has 0 radical (unpaired) electrons. The van der Waals surface area contributed by atoms with Crippen LogP contribution in [0, 0.1) is 10.1 Å². The molecule has 9 nitrogen and oxygen atoms in total. The molecule has 0 bridgehead atoms. The van der Waals surface area contributed by atoms with Crippen molar-refractivity contribution in [2.45, 2.75) is 13.3 Å². The van der Waals surface area contributed by atoms with Crippen molar-refractivity contribution in [3.63, 3.8) is 0 Å². The lowest BCUT2D eigenvalue weighted by Gasteiger charge is -2.12. The summed E-state index contributed by atoms with van der Waals surface area (Å²) in [6.07, 6.45) is 4.13. The number of nitro groups is 1. The number of benzene rings is 2. The first-order chi connectivity index (χ1) is 14.5. The topological polar surface area (TPSA) is 109 Å². The number of ether oxygens (including phenoxy) is 2. The van der Waals surface area contributed by atoms with Crippen molar-refractivity contribution in [2.24, 2.45) is 0 Å². The number of nitrogens with one attached hydrogen (secondary N) is 1. The van der Waals surface area contributed by atoms with E-state index in [9.17, 15) is 14.9 Å². The van der Waals surface area contributed by atoms with Gasteiger partial charge in [0.2, 0.25) is 0 Å². The maximum absolute atomic E-state index is 12.6. The summed E-state index contributed by atoms with van der Waals surface area (Å²) in [5, 5.41) is 18.5. The molecule has 0 spiro atoms. The van der Waals surface area contributed by atoms with E-state index in [4.69, 9.17) is 9.47 Å². The average Bonchev–Trinajstić information content (AvgIpc) is 3.23. The highest BCUT2D eigenvalue weighted by atomic mass is 16.6. The Kier molecular flexibility index (Phi) is 6.63. The lowest BCUT2D eigenvalue weighted by Crippen LogP contribution is -2.26. The first-order valence-electron chi connectivity index (χ1n) is 9.40. The van der Waals surface area contributed by atoms with Crippen LogP contribution in [0.15, 0.2) is 54.9 Å². The van der Waals surface area contributed by atoms with Crippen molar-refractivity contribution >= 4 is 11.6 Å². The van der Waals surface area contributed by atoms with Gasteiger partial charge in [-0.05, 0) is 31.0 Å². The average molecular weight is 410 g/mol. The zero-order chi connectivity index (χ0) is 21.5. The van der Waals surface area contributed by atoms with Gasteiger partial charge in [-0.25, -0.2) is 4.68 Å². The number of para-hydroxylation sites is 1. The first kappa shape index (κ1) is 20.8. The van der Waals surface area contributed by atoms with Crippen LogP contribution in [0.3, 0.4) is 0 Å². The molecule has 0 aliphatic heterocycles. The van der Waals surface area contributed by atoms with Crippen molar-refractivity contribution in [3.8, 4) is 17.2 Å². The maximum Gasteiger partial charge on any atom is 0.286 e. The summed E-state index contributed by atoms with van der Waals surface area (Å²) >= 11 is 0. The number of nitrogens with zero attached hydrogens (tertiary/aromatic N) is 3. The van der Waals surface area contributed by atoms with Crippen LogP contribution < -0.4 is 14.8 Å². The number of amides is 1. The first-order valence-corrected chi connectivity index (χ1v) is 9.40. The molecule has 0 fully saturated rings. The summed E-state index contributed by atoms with van der Waals surface area (Å²) in [5.41, 5.74) is 1.44. The molecule has 3 aromatic rings. The highest BCUT2D eigenvalue weighted by Crippen LogP contribution is 2.34. The Morgan fingerprint density at radius 2 is 2.00 bits per heavy atom. The fraction of sp³-hybridized carbons (Fsp3) is 0.238. The van der Waals surface area contributed by atoms with Crippen LogP contribution in [0.5, 0.6) is 11.5 Å². The van der Waals surface area contributed by atoms with E-state index < -0.39 is 10.8 Å². The predicted molar refractivity (Wildman–Crippen MR) is 110 cm³/mol. The number of hydrogen-bond acceptors (Lipinski definition) is 6. The van der Waals surface area contributed by atoms with Crippen LogP contribution >= 0.6 is 0 Å². The van der Waals surface area contributed by atoms with Crippen molar-refractivity contribution in [1.82, 2.24) is 15.1 Å². The molecule has 0 unspecified atom stereocenters. The number of methoxy groups -OCH3 is 1. The molecular formula is C21H22N4O5. The maximum atomic E-state index is 12.6. The third kappa shape index (κ3) is 4.75. The third-order valence-electron chi connectivity index (χ3n) is 4.38. The molecule has 30 heavy (non-hydrogen) atoms. The molecule has 1 amide bonds. The van der Waals surface area contributed by atoms with E-state index in [1.54, 1.807) is 17.8 Å². The van der Waals surface area contributed by atoms with Gasteiger partial charge >= 0.3 is 0 Å². The molecule has 1 aromatic heterocycles. The third-order valence-corrected chi connectivity index (χ3v) is 4.38. The summed E-state index contributed by atoms with van der Waals surface area (Å²) in [6, 6.07) is 12.2. The number of aromatic nitrogens is 2. The molecule has 156 valence electrons. The highest BCUT2D eigenvalue weighted by Gasteiger charge is 2.24. The Balaban J connectivity index is 1.69. The summed E-state index contributed by atoms with van der Waals surface area (Å²) in [5.74, 6) is -0.0770. The Labute approximate surface area is 173 Å². The minimum absolute atomic E-state index is 0.0831. The summed E-state index contributed by atoms with van der Waals surface area (Å²) in [7, 11) is 1.41. The molecule has 0 aliphatic rings. The van der Waals surface area contributed by atoms with Gasteiger partial charge in [-0.3, -0.25) is 14.9 Å². The second kappa shape index (κ2) is 9.55. The zero-order valence-electron chi connectivity index (χ0n) is 16.7. The van der Waals surface area contributed by atoms with Crippen LogP contribution in [-0.2, 0) is 6.42 Å². The Morgan fingerprint density at radius 3 is 2.67 bits per heavy atom. The number of carbonyl (C=O) groups excluding carboxylic acids is 1. The van der Waals surface area contributed by atoms with Gasteiger partial charge in [0, 0.05) is 18.8 Å². The van der Waals surface area contributed by atoms with Gasteiger partial charge in [0.15, 0.2) is 11.5 Å². The standard InChI is InChI=1S/C21H22N4O5/c1-3-30-20-12-18(25(27)28)17(11-19(20)29-2)21(26)22-10-9-15-13-23-24(14-15)16-7-5-4-6-8-16/h4-8,11-14H,3,9-10H2,1-2H3,(H,22,26). The second-order valence-electron chi connectivity index (χ2n) is 6.34. The second-order valence-corrected chi connectivity index (χ2v) is 6.34. The summed E-state index contributed by atoms with van der Waals surface area (Å²) in [4.78, 5) is 23.4. The smallest absolute Gasteiger partial charge is 0.286 e. The van der Waals surface area contributed by atoms with Gasteiger partial charge in [0.25, 0.3) is 11.6 Å². The molecule has 1 heterocycles. The van der Waals surface area contributed by atoms with Crippen LogP contribution in [0.2, 0.25) is 0 Å². The number of nitro benzene ring substituents is 1. The molecule has 0 saturated carbocycles. The SMILES string of the molecule is CCOc1cc([N+](=O)[O-])c(C(=O)NCCc2cnn(-c3ccccc3)c2)cc1OC. The summed E-state index contributed by atoms with van der Waals surface area (Å²) < 4.78 is 12.3. The number of hydrogen-bond donors (Lipinski definition) is 1. The minimum atomic E-state index is -0.610. The molecule has 1 N–H and O–H groups in total. The molecule has 3 rings (SSSR count). The normalized spacial score (nSPS) is 10.5. The Morgan fingerprint density at radius 1 is 1.23 bits per heavy atom. The number of carbonyl (C=O) groups is 1. The van der Waals surface area contributed by atoms with Gasteiger partial charge in [-0.2, -0.15) is 5.10 Å². The molecular weight excluding hydrogens is 388 g/mol. The quantitative estimate of drug-likeness (QED) is 0.429. The monoisotopic (exact) mass is 410 g/mol. The zero-order valence-corrected chi connectivity index (χ0v) is 16.7. The van der Waals surface area contributed by atoms with Crippen LogP contribution in [0.25, 0.3) is 5.69 Å². The van der Waals surface area contributed by atoms with Crippen molar-refractivity contribution in [3.05, 3.63) is 76.1 Å². The molecule has 2 aromatic carbocycles. The molecule has 9 heteroatoms. The molecule has 0 atom stereocenters. The van der Waals surface area contributed by atoms with Crippen molar-refractivity contribution < 1.29 is 19.2 Å². The fourth-order valence-corrected chi connectivity index (χ4v) is 2.94. The van der Waals surface area contributed by atoms with Gasteiger partial charge in [-0.1, -0.05) is 18.2 Å². The predicted octanol–water partition coefficient (Wildman–Crippen LogP) is 3.16. The Hall–Kier alpha value is -3.88. The van der Waals surface area contributed by atoms with Gasteiger partial charge in [0.05, 0.1) is 36.6 Å². The molecule has 0 aliphatic carbocycles. The van der Waals surface area contributed by atoms with E-state index in [1.165, 1.54) is 19.2 Å². The van der Waals surface area contributed by atoms with Crippen molar-refractivity contribution in [1.29, 1.82) is 0 Å². The van der Waals surface area contributed by atoms with Gasteiger partial charge < -0.3 is 14.8 Å². The van der Waals surface area contributed by atoms with Gasteiger partial charge in [0.1, 0.15) is 5.56 Å². The van der Waals surface area contributed by atoms with Crippen LogP contribution in [0.4, 0.5) is 5.69 Å². The van der Waals surface area contributed by atoms with E-state index in [-0.39, 0.29) is 22.7 Å². The lowest BCUT2D eigenvalue weighted by atomic mass is 10.1. The number of rotatable bonds is 9.